The summed E-state index contributed by atoms with van der Waals surface area (Å²) in [6.07, 6.45) is 1.15. The third-order valence-electron chi connectivity index (χ3n) is 3.60. The molecule has 0 aliphatic heterocycles. The second kappa shape index (κ2) is 10.5. The molecule has 0 saturated heterocycles. The number of amides is 2. The van der Waals surface area contributed by atoms with Crippen molar-refractivity contribution in [3.8, 4) is 11.5 Å². The Hall–Kier alpha value is -2.54. The summed E-state index contributed by atoms with van der Waals surface area (Å²) in [5.41, 5.74) is 1.54. The quantitative estimate of drug-likeness (QED) is 0.668. The molecule has 1 aromatic heterocycles. The summed E-state index contributed by atoms with van der Waals surface area (Å²) in [5, 5.41) is 9.18. The van der Waals surface area contributed by atoms with E-state index in [2.05, 4.69) is 10.6 Å². The number of nitrogens with one attached hydrogen (secondary N) is 2. The molecule has 0 atom stereocenters. The second-order valence-electron chi connectivity index (χ2n) is 5.63. The summed E-state index contributed by atoms with van der Waals surface area (Å²) >= 11 is 1.46. The number of rotatable bonds is 10. The fourth-order valence-electron chi connectivity index (χ4n) is 2.23. The average molecular weight is 376 g/mol. The maximum absolute atomic E-state index is 11.9. The molecule has 2 aromatic rings. The SMILES string of the molecule is CCCOc1ccc(CNC(=O)CCNC(=O)c2ccsc2)cc1OC. The second-order valence-corrected chi connectivity index (χ2v) is 6.41. The van der Waals surface area contributed by atoms with E-state index in [1.807, 2.05) is 30.5 Å². The van der Waals surface area contributed by atoms with Gasteiger partial charge in [0, 0.05) is 30.5 Å². The molecular weight excluding hydrogens is 352 g/mol. The van der Waals surface area contributed by atoms with Crippen molar-refractivity contribution in [2.75, 3.05) is 20.3 Å². The van der Waals surface area contributed by atoms with Gasteiger partial charge in [-0.1, -0.05) is 13.0 Å². The van der Waals surface area contributed by atoms with Crippen molar-refractivity contribution in [1.29, 1.82) is 0 Å². The zero-order valence-corrected chi connectivity index (χ0v) is 15.9. The monoisotopic (exact) mass is 376 g/mol. The Morgan fingerprint density at radius 1 is 1.15 bits per heavy atom. The first-order valence-electron chi connectivity index (χ1n) is 8.50. The smallest absolute Gasteiger partial charge is 0.252 e. The molecule has 0 saturated carbocycles. The summed E-state index contributed by atoms with van der Waals surface area (Å²) in [6.45, 7) is 3.36. The zero-order valence-electron chi connectivity index (χ0n) is 15.0. The van der Waals surface area contributed by atoms with Crippen molar-refractivity contribution < 1.29 is 19.1 Å². The lowest BCUT2D eigenvalue weighted by molar-refractivity contribution is -0.121. The van der Waals surface area contributed by atoms with Crippen LogP contribution in [-0.2, 0) is 11.3 Å². The fourth-order valence-corrected chi connectivity index (χ4v) is 2.86. The number of carbonyl (C=O) groups excluding carboxylic acids is 2. The van der Waals surface area contributed by atoms with Crippen molar-refractivity contribution in [2.24, 2.45) is 0 Å². The first-order chi connectivity index (χ1) is 12.6. The summed E-state index contributed by atoms with van der Waals surface area (Å²) in [5.74, 6) is 1.06. The third-order valence-corrected chi connectivity index (χ3v) is 4.28. The molecule has 0 bridgehead atoms. The molecule has 0 aliphatic carbocycles. The standard InChI is InChI=1S/C19H24N2O4S/c1-3-9-25-16-5-4-14(11-17(16)24-2)12-21-18(22)6-8-20-19(23)15-7-10-26-13-15/h4-5,7,10-11,13H,3,6,8-9,12H2,1-2H3,(H,20,23)(H,21,22). The van der Waals surface area contributed by atoms with Crippen LogP contribution in [0, 0.1) is 0 Å². The first-order valence-corrected chi connectivity index (χ1v) is 9.45. The molecule has 0 radical (unpaired) electrons. The molecule has 0 unspecified atom stereocenters. The van der Waals surface area contributed by atoms with Crippen LogP contribution >= 0.6 is 11.3 Å². The number of benzene rings is 1. The van der Waals surface area contributed by atoms with E-state index in [0.717, 1.165) is 12.0 Å². The molecule has 0 spiro atoms. The van der Waals surface area contributed by atoms with Crippen LogP contribution in [0.1, 0.15) is 35.7 Å². The van der Waals surface area contributed by atoms with Crippen LogP contribution in [-0.4, -0.2) is 32.1 Å². The minimum atomic E-state index is -0.161. The van der Waals surface area contributed by atoms with Crippen LogP contribution in [0.3, 0.4) is 0 Å². The van der Waals surface area contributed by atoms with Crippen molar-refractivity contribution in [3.63, 3.8) is 0 Å². The molecule has 7 heteroatoms. The summed E-state index contributed by atoms with van der Waals surface area (Å²) in [7, 11) is 1.59. The maximum atomic E-state index is 11.9. The van der Waals surface area contributed by atoms with Gasteiger partial charge in [0.05, 0.1) is 13.7 Å². The summed E-state index contributed by atoms with van der Waals surface area (Å²) in [4.78, 5) is 23.7. The predicted octanol–water partition coefficient (Wildman–Crippen LogP) is 2.98. The largest absolute Gasteiger partial charge is 0.493 e. The van der Waals surface area contributed by atoms with Gasteiger partial charge in [-0.15, -0.1) is 0 Å². The van der Waals surface area contributed by atoms with Gasteiger partial charge in [0.15, 0.2) is 11.5 Å². The summed E-state index contributed by atoms with van der Waals surface area (Å²) < 4.78 is 10.9. The van der Waals surface area contributed by atoms with Gasteiger partial charge in [-0.3, -0.25) is 9.59 Å². The molecular formula is C19H24N2O4S. The highest BCUT2D eigenvalue weighted by Gasteiger charge is 2.09. The summed E-state index contributed by atoms with van der Waals surface area (Å²) in [6, 6.07) is 7.34. The van der Waals surface area contributed by atoms with Gasteiger partial charge in [-0.25, -0.2) is 0 Å². The minimum Gasteiger partial charge on any atom is -0.493 e. The van der Waals surface area contributed by atoms with Gasteiger partial charge in [-0.05, 0) is 35.6 Å². The Kier molecular flexibility index (Phi) is 7.95. The maximum Gasteiger partial charge on any atom is 0.252 e. The number of hydrogen-bond acceptors (Lipinski definition) is 5. The van der Waals surface area contributed by atoms with Gasteiger partial charge >= 0.3 is 0 Å². The van der Waals surface area contributed by atoms with Gasteiger partial charge in [-0.2, -0.15) is 11.3 Å². The average Bonchev–Trinajstić information content (AvgIpc) is 3.19. The fraction of sp³-hybridized carbons (Fsp3) is 0.368. The van der Waals surface area contributed by atoms with Crippen molar-refractivity contribution in [1.82, 2.24) is 10.6 Å². The Bertz CT molecular complexity index is 716. The van der Waals surface area contributed by atoms with E-state index in [-0.39, 0.29) is 18.2 Å². The van der Waals surface area contributed by atoms with Crippen LogP contribution < -0.4 is 20.1 Å². The highest BCUT2D eigenvalue weighted by Crippen LogP contribution is 2.28. The van der Waals surface area contributed by atoms with Gasteiger partial charge in [0.1, 0.15) is 0 Å². The van der Waals surface area contributed by atoms with E-state index in [1.54, 1.807) is 18.6 Å². The lowest BCUT2D eigenvalue weighted by Crippen LogP contribution is -2.30. The predicted molar refractivity (Wildman–Crippen MR) is 102 cm³/mol. The van der Waals surface area contributed by atoms with Crippen molar-refractivity contribution >= 4 is 23.2 Å². The number of methoxy groups -OCH3 is 1. The lowest BCUT2D eigenvalue weighted by atomic mass is 10.2. The lowest BCUT2D eigenvalue weighted by Gasteiger charge is -2.12. The molecule has 2 rings (SSSR count). The van der Waals surface area contributed by atoms with Crippen LogP contribution in [0.2, 0.25) is 0 Å². The Balaban J connectivity index is 1.75. The molecule has 2 N–H and O–H groups in total. The zero-order chi connectivity index (χ0) is 18.8. The van der Waals surface area contributed by atoms with E-state index in [4.69, 9.17) is 9.47 Å². The topological polar surface area (TPSA) is 76.7 Å². The molecule has 140 valence electrons. The van der Waals surface area contributed by atoms with Gasteiger partial charge in [0.25, 0.3) is 5.91 Å². The molecule has 2 amide bonds. The van der Waals surface area contributed by atoms with Crippen molar-refractivity contribution in [3.05, 3.63) is 46.2 Å². The molecule has 0 fully saturated rings. The van der Waals surface area contributed by atoms with Crippen LogP contribution in [0.5, 0.6) is 11.5 Å². The Morgan fingerprint density at radius 3 is 2.69 bits per heavy atom. The molecule has 1 heterocycles. The molecule has 1 aromatic carbocycles. The van der Waals surface area contributed by atoms with Gasteiger partial charge in [0.2, 0.25) is 5.91 Å². The Morgan fingerprint density at radius 2 is 2.00 bits per heavy atom. The minimum absolute atomic E-state index is 0.124. The van der Waals surface area contributed by atoms with E-state index >= 15 is 0 Å². The van der Waals surface area contributed by atoms with E-state index in [9.17, 15) is 9.59 Å². The van der Waals surface area contributed by atoms with Crippen LogP contribution in [0.25, 0.3) is 0 Å². The number of carbonyl (C=O) groups is 2. The van der Waals surface area contributed by atoms with E-state index < -0.39 is 0 Å². The molecule has 6 nitrogen and oxygen atoms in total. The van der Waals surface area contributed by atoms with Crippen LogP contribution in [0.4, 0.5) is 0 Å². The third kappa shape index (κ3) is 6.07. The van der Waals surface area contributed by atoms with Crippen LogP contribution in [0.15, 0.2) is 35.0 Å². The molecule has 0 aliphatic rings. The highest BCUT2D eigenvalue weighted by molar-refractivity contribution is 7.08. The van der Waals surface area contributed by atoms with Gasteiger partial charge < -0.3 is 20.1 Å². The molecule has 26 heavy (non-hydrogen) atoms. The first kappa shape index (κ1) is 19.8. The highest BCUT2D eigenvalue weighted by atomic mass is 32.1. The number of ether oxygens (including phenoxy) is 2. The van der Waals surface area contributed by atoms with E-state index in [1.165, 1.54) is 11.3 Å². The normalized spacial score (nSPS) is 10.2. The van der Waals surface area contributed by atoms with Crippen molar-refractivity contribution in [2.45, 2.75) is 26.3 Å². The Labute approximate surface area is 157 Å². The number of thiophene rings is 1. The number of hydrogen-bond donors (Lipinski definition) is 2. The van der Waals surface area contributed by atoms with E-state index in [0.29, 0.717) is 36.8 Å².